The molecular formula is C10H15N2NaO9. The minimum Gasteiger partial charge on any atom is -0.549 e. The SMILES string of the molecule is O=C([O-])CN(CC(=O)O)C(O)CN(CC(=O)O)CC(=O)O.[Na+]. The van der Waals surface area contributed by atoms with Crippen molar-refractivity contribution in [3.05, 3.63) is 0 Å². The Morgan fingerprint density at radius 1 is 0.864 bits per heavy atom. The van der Waals surface area contributed by atoms with Crippen LogP contribution >= 0.6 is 0 Å². The van der Waals surface area contributed by atoms with Crippen molar-refractivity contribution in [2.75, 3.05) is 32.7 Å². The van der Waals surface area contributed by atoms with E-state index in [0.29, 0.717) is 4.90 Å². The molecule has 0 aromatic rings. The summed E-state index contributed by atoms with van der Waals surface area (Å²) in [4.78, 5) is 43.6. The van der Waals surface area contributed by atoms with E-state index in [9.17, 15) is 29.4 Å². The minimum absolute atomic E-state index is 0. The molecule has 0 aromatic carbocycles. The second kappa shape index (κ2) is 11.3. The molecule has 0 rings (SSSR count). The van der Waals surface area contributed by atoms with Crippen LogP contribution in [-0.4, -0.2) is 93.1 Å². The molecule has 11 nitrogen and oxygen atoms in total. The zero-order valence-corrected chi connectivity index (χ0v) is 13.8. The fraction of sp³-hybridized carbons (Fsp3) is 0.600. The van der Waals surface area contributed by atoms with Crippen LogP contribution in [0, 0.1) is 0 Å². The molecule has 0 radical (unpaired) electrons. The van der Waals surface area contributed by atoms with Crippen molar-refractivity contribution in [1.29, 1.82) is 0 Å². The Labute approximate surface area is 147 Å². The van der Waals surface area contributed by atoms with Crippen LogP contribution in [0.2, 0.25) is 0 Å². The summed E-state index contributed by atoms with van der Waals surface area (Å²) in [6.07, 6.45) is -1.68. The molecule has 0 spiro atoms. The van der Waals surface area contributed by atoms with Crippen LogP contribution < -0.4 is 34.7 Å². The summed E-state index contributed by atoms with van der Waals surface area (Å²) in [7, 11) is 0. The van der Waals surface area contributed by atoms with Gasteiger partial charge in [0.1, 0.15) is 6.23 Å². The van der Waals surface area contributed by atoms with E-state index in [1.807, 2.05) is 0 Å². The molecule has 0 aromatic heterocycles. The molecular weight excluding hydrogens is 315 g/mol. The third kappa shape index (κ3) is 11.4. The van der Waals surface area contributed by atoms with E-state index in [4.69, 9.17) is 15.3 Å². The van der Waals surface area contributed by atoms with Crippen LogP contribution in [0.25, 0.3) is 0 Å². The van der Waals surface area contributed by atoms with Crippen LogP contribution in [-0.2, 0) is 19.2 Å². The Morgan fingerprint density at radius 3 is 1.59 bits per heavy atom. The molecule has 0 aliphatic heterocycles. The first kappa shape index (κ1) is 23.0. The monoisotopic (exact) mass is 330 g/mol. The molecule has 0 amide bonds. The average molecular weight is 330 g/mol. The van der Waals surface area contributed by atoms with Crippen molar-refractivity contribution in [3.63, 3.8) is 0 Å². The number of hydrogen-bond acceptors (Lipinski definition) is 8. The molecule has 0 heterocycles. The van der Waals surface area contributed by atoms with E-state index in [2.05, 4.69) is 0 Å². The van der Waals surface area contributed by atoms with Gasteiger partial charge >= 0.3 is 47.5 Å². The maximum atomic E-state index is 10.6. The van der Waals surface area contributed by atoms with Crippen molar-refractivity contribution in [2.45, 2.75) is 6.23 Å². The maximum Gasteiger partial charge on any atom is 1.00 e. The van der Waals surface area contributed by atoms with Gasteiger partial charge < -0.3 is 30.3 Å². The average Bonchev–Trinajstić information content (AvgIpc) is 2.24. The van der Waals surface area contributed by atoms with Crippen LogP contribution in [0.5, 0.6) is 0 Å². The summed E-state index contributed by atoms with van der Waals surface area (Å²) in [6.45, 7) is -3.71. The van der Waals surface area contributed by atoms with Gasteiger partial charge in [0.2, 0.25) is 0 Å². The van der Waals surface area contributed by atoms with Crippen molar-refractivity contribution < 1.29 is 74.3 Å². The Bertz CT molecular complexity index is 385. The van der Waals surface area contributed by atoms with E-state index < -0.39 is 62.8 Å². The number of carbonyl (C=O) groups is 4. The van der Waals surface area contributed by atoms with Gasteiger partial charge in [0, 0.05) is 13.1 Å². The van der Waals surface area contributed by atoms with Gasteiger partial charge in [0.25, 0.3) is 0 Å². The van der Waals surface area contributed by atoms with Crippen LogP contribution in [0.15, 0.2) is 0 Å². The summed E-state index contributed by atoms with van der Waals surface area (Å²) in [5.74, 6) is -5.77. The number of aliphatic hydroxyl groups excluding tert-OH is 1. The topological polar surface area (TPSA) is 179 Å². The van der Waals surface area contributed by atoms with Crippen molar-refractivity contribution in [1.82, 2.24) is 9.80 Å². The molecule has 12 heteroatoms. The van der Waals surface area contributed by atoms with E-state index >= 15 is 0 Å². The van der Waals surface area contributed by atoms with Crippen molar-refractivity contribution >= 4 is 23.9 Å². The van der Waals surface area contributed by atoms with Gasteiger partial charge in [-0.25, -0.2) is 0 Å². The Morgan fingerprint density at radius 2 is 1.27 bits per heavy atom. The fourth-order valence-electron chi connectivity index (χ4n) is 1.52. The first-order chi connectivity index (χ1) is 9.61. The molecule has 120 valence electrons. The first-order valence-electron chi connectivity index (χ1n) is 5.61. The van der Waals surface area contributed by atoms with Crippen molar-refractivity contribution in [2.24, 2.45) is 0 Å². The largest absolute Gasteiger partial charge is 1.00 e. The number of carboxylic acids is 4. The first-order valence-corrected chi connectivity index (χ1v) is 5.61. The Balaban J connectivity index is 0. The van der Waals surface area contributed by atoms with E-state index in [-0.39, 0.29) is 29.6 Å². The van der Waals surface area contributed by atoms with Crippen molar-refractivity contribution in [3.8, 4) is 0 Å². The van der Waals surface area contributed by atoms with E-state index in [1.54, 1.807) is 0 Å². The predicted octanol–water partition coefficient (Wildman–Crippen LogP) is -7.08. The molecule has 0 aliphatic rings. The van der Waals surface area contributed by atoms with Crippen LogP contribution in [0.1, 0.15) is 0 Å². The standard InChI is InChI=1S/C10H16N2O9.Na/c13-6(12(4-9(18)19)5-10(20)21)1-11(2-7(14)15)3-8(16)17;/h6,13H,1-5H2,(H,14,15)(H,16,17)(H,18,19)(H,20,21);/q;+1/p-1. The van der Waals surface area contributed by atoms with Gasteiger partial charge in [-0.1, -0.05) is 0 Å². The molecule has 0 aliphatic carbocycles. The third-order valence-electron chi connectivity index (χ3n) is 2.23. The molecule has 0 saturated carbocycles. The van der Waals surface area contributed by atoms with Crippen LogP contribution in [0.4, 0.5) is 0 Å². The number of aliphatic carboxylic acids is 4. The van der Waals surface area contributed by atoms with Gasteiger partial charge in [-0.15, -0.1) is 0 Å². The summed E-state index contributed by atoms with van der Waals surface area (Å²) >= 11 is 0. The summed E-state index contributed by atoms with van der Waals surface area (Å²) in [5.41, 5.74) is 0. The number of aliphatic hydroxyl groups is 1. The molecule has 1 unspecified atom stereocenters. The maximum absolute atomic E-state index is 10.6. The minimum atomic E-state index is -1.68. The Hall–Kier alpha value is -1.24. The van der Waals surface area contributed by atoms with E-state index in [0.717, 1.165) is 4.90 Å². The molecule has 0 fully saturated rings. The number of nitrogens with zero attached hydrogens (tertiary/aromatic N) is 2. The van der Waals surface area contributed by atoms with Gasteiger partial charge in [-0.3, -0.25) is 24.2 Å². The Kier molecular flexibility index (Phi) is 11.9. The fourth-order valence-corrected chi connectivity index (χ4v) is 1.52. The van der Waals surface area contributed by atoms with E-state index in [1.165, 1.54) is 0 Å². The summed E-state index contributed by atoms with van der Waals surface area (Å²) < 4.78 is 0. The predicted molar refractivity (Wildman–Crippen MR) is 61.9 cm³/mol. The number of rotatable bonds is 11. The van der Waals surface area contributed by atoms with Gasteiger partial charge in [-0.2, -0.15) is 0 Å². The number of carboxylic acid groups (broad SMARTS) is 4. The summed E-state index contributed by atoms with van der Waals surface area (Å²) in [6, 6.07) is 0. The van der Waals surface area contributed by atoms with Gasteiger partial charge in [0.05, 0.1) is 25.6 Å². The normalized spacial score (nSPS) is 11.8. The second-order valence-corrected chi connectivity index (χ2v) is 4.11. The number of carbonyl (C=O) groups excluding carboxylic acids is 1. The zero-order valence-electron chi connectivity index (χ0n) is 11.8. The van der Waals surface area contributed by atoms with Gasteiger partial charge in [-0.05, 0) is 0 Å². The smallest absolute Gasteiger partial charge is 0.549 e. The second-order valence-electron chi connectivity index (χ2n) is 4.11. The number of hydrogen-bond donors (Lipinski definition) is 4. The molecule has 0 bridgehead atoms. The van der Waals surface area contributed by atoms with Crippen LogP contribution in [0.3, 0.4) is 0 Å². The summed E-state index contributed by atoms with van der Waals surface area (Å²) in [5, 5.41) is 46.1. The zero-order chi connectivity index (χ0) is 16.6. The third-order valence-corrected chi connectivity index (χ3v) is 2.23. The molecule has 22 heavy (non-hydrogen) atoms. The molecule has 1 atom stereocenters. The van der Waals surface area contributed by atoms with Gasteiger partial charge in [0.15, 0.2) is 0 Å². The molecule has 0 saturated heterocycles. The molecule has 4 N–H and O–H groups in total. The quantitative estimate of drug-likeness (QED) is 0.209.